The highest BCUT2D eigenvalue weighted by Crippen LogP contribution is 2.38. The molecular formula is C16H16BrFOS. The summed E-state index contributed by atoms with van der Waals surface area (Å²) in [5, 5.41) is 12.7. The zero-order valence-corrected chi connectivity index (χ0v) is 13.4. The molecule has 1 nitrogen and oxygen atoms in total. The maximum Gasteiger partial charge on any atom is 0.124 e. The van der Waals surface area contributed by atoms with Crippen molar-refractivity contribution in [1.29, 1.82) is 0 Å². The van der Waals surface area contributed by atoms with Gasteiger partial charge < -0.3 is 5.11 Å². The van der Waals surface area contributed by atoms with Crippen molar-refractivity contribution in [3.05, 3.63) is 55.9 Å². The van der Waals surface area contributed by atoms with Gasteiger partial charge in [0, 0.05) is 21.7 Å². The van der Waals surface area contributed by atoms with Crippen LogP contribution < -0.4 is 0 Å². The van der Waals surface area contributed by atoms with Crippen LogP contribution in [0.3, 0.4) is 0 Å². The van der Waals surface area contributed by atoms with Gasteiger partial charge >= 0.3 is 0 Å². The number of hydrogen-bond acceptors (Lipinski definition) is 2. The highest BCUT2D eigenvalue weighted by Gasteiger charge is 2.27. The van der Waals surface area contributed by atoms with Crippen LogP contribution in [0.1, 0.15) is 34.8 Å². The van der Waals surface area contributed by atoms with E-state index in [0.717, 1.165) is 29.3 Å². The van der Waals surface area contributed by atoms with Gasteiger partial charge in [-0.25, -0.2) is 4.39 Å². The van der Waals surface area contributed by atoms with Crippen molar-refractivity contribution in [2.24, 2.45) is 0 Å². The Morgan fingerprint density at radius 3 is 3.05 bits per heavy atom. The van der Waals surface area contributed by atoms with Crippen LogP contribution in [0.5, 0.6) is 0 Å². The number of benzene rings is 1. The molecule has 1 heterocycles. The minimum absolute atomic E-state index is 0.210. The van der Waals surface area contributed by atoms with Gasteiger partial charge in [-0.1, -0.05) is 22.0 Å². The Morgan fingerprint density at radius 1 is 1.40 bits per heavy atom. The normalized spacial score (nSPS) is 19.6. The number of aryl methyl sites for hydroxylation is 1. The lowest BCUT2D eigenvalue weighted by molar-refractivity contribution is 0.135. The zero-order valence-electron chi connectivity index (χ0n) is 11.0. The van der Waals surface area contributed by atoms with E-state index < -0.39 is 6.10 Å². The summed E-state index contributed by atoms with van der Waals surface area (Å²) in [4.78, 5) is 1.42. The summed E-state index contributed by atoms with van der Waals surface area (Å²) in [6, 6.07) is 6.80. The van der Waals surface area contributed by atoms with Crippen molar-refractivity contribution in [1.82, 2.24) is 0 Å². The van der Waals surface area contributed by atoms with E-state index in [1.807, 2.05) is 0 Å². The quantitative estimate of drug-likeness (QED) is 0.848. The smallest absolute Gasteiger partial charge is 0.124 e. The topological polar surface area (TPSA) is 20.2 Å². The largest absolute Gasteiger partial charge is 0.392 e. The Hall–Kier alpha value is -0.710. The third kappa shape index (κ3) is 2.83. The minimum atomic E-state index is -0.412. The number of fused-ring (bicyclic) bond motifs is 1. The molecule has 0 aliphatic heterocycles. The Balaban J connectivity index is 1.79. The van der Waals surface area contributed by atoms with Gasteiger partial charge in [-0.2, -0.15) is 0 Å². The van der Waals surface area contributed by atoms with Gasteiger partial charge in [0.2, 0.25) is 0 Å². The first-order valence-electron chi connectivity index (χ1n) is 6.83. The predicted octanol–water partition coefficient (Wildman–Crippen LogP) is 4.67. The second-order valence-corrected chi connectivity index (χ2v) is 7.16. The van der Waals surface area contributed by atoms with Crippen LogP contribution in [0.2, 0.25) is 0 Å². The lowest BCUT2D eigenvalue weighted by atomic mass is 9.82. The van der Waals surface area contributed by atoms with Gasteiger partial charge in [0.1, 0.15) is 5.82 Å². The Bertz CT molecular complexity index is 610. The molecule has 1 N–H and O–H groups in total. The van der Waals surface area contributed by atoms with Crippen molar-refractivity contribution in [2.75, 3.05) is 0 Å². The molecule has 0 bridgehead atoms. The van der Waals surface area contributed by atoms with E-state index in [1.165, 1.54) is 22.6 Å². The van der Waals surface area contributed by atoms with Crippen molar-refractivity contribution in [2.45, 2.75) is 37.7 Å². The van der Waals surface area contributed by atoms with Crippen molar-refractivity contribution >= 4 is 27.3 Å². The van der Waals surface area contributed by atoms with Crippen LogP contribution in [0.4, 0.5) is 4.39 Å². The van der Waals surface area contributed by atoms with E-state index in [4.69, 9.17) is 0 Å². The summed E-state index contributed by atoms with van der Waals surface area (Å²) < 4.78 is 13.8. The van der Waals surface area contributed by atoms with E-state index in [0.29, 0.717) is 6.42 Å². The van der Waals surface area contributed by atoms with E-state index in [1.54, 1.807) is 17.4 Å². The summed E-state index contributed by atoms with van der Waals surface area (Å²) in [7, 11) is 0. The molecule has 0 radical (unpaired) electrons. The van der Waals surface area contributed by atoms with Crippen molar-refractivity contribution in [3.63, 3.8) is 0 Å². The molecule has 0 saturated carbocycles. The molecule has 106 valence electrons. The molecule has 2 atom stereocenters. The number of aliphatic hydroxyl groups excluding tert-OH is 1. The lowest BCUT2D eigenvalue weighted by Crippen LogP contribution is -2.24. The number of thiophene rings is 1. The maximum atomic E-state index is 13.1. The van der Waals surface area contributed by atoms with E-state index in [2.05, 4.69) is 27.4 Å². The second-order valence-electron chi connectivity index (χ2n) is 5.31. The first-order valence-corrected chi connectivity index (χ1v) is 8.50. The summed E-state index contributed by atoms with van der Waals surface area (Å²) >= 11 is 5.16. The molecule has 2 aromatic rings. The summed E-state index contributed by atoms with van der Waals surface area (Å²) in [6.45, 7) is 0. The van der Waals surface area contributed by atoms with E-state index >= 15 is 0 Å². The highest BCUT2D eigenvalue weighted by molar-refractivity contribution is 9.10. The number of rotatable bonds is 3. The first-order chi connectivity index (χ1) is 9.65. The van der Waals surface area contributed by atoms with Crippen LogP contribution in [0.15, 0.2) is 34.1 Å². The van der Waals surface area contributed by atoms with Gasteiger partial charge in [0.05, 0.1) is 6.10 Å². The van der Waals surface area contributed by atoms with Crippen LogP contribution >= 0.6 is 27.3 Å². The molecule has 0 fully saturated rings. The fourth-order valence-corrected chi connectivity index (χ4v) is 4.49. The predicted molar refractivity (Wildman–Crippen MR) is 83.8 cm³/mol. The molecular weight excluding hydrogens is 339 g/mol. The number of aliphatic hydroxyl groups is 1. The molecule has 1 aliphatic rings. The second kappa shape index (κ2) is 5.96. The van der Waals surface area contributed by atoms with Gasteiger partial charge in [-0.15, -0.1) is 11.3 Å². The highest BCUT2D eigenvalue weighted by atomic mass is 79.9. The number of halogens is 2. The minimum Gasteiger partial charge on any atom is -0.392 e. The van der Waals surface area contributed by atoms with Crippen LogP contribution in [-0.4, -0.2) is 11.2 Å². The molecule has 3 rings (SSSR count). The Labute approximate surface area is 130 Å². The summed E-state index contributed by atoms with van der Waals surface area (Å²) in [5.74, 6) is -0.0464. The molecule has 4 heteroatoms. The average Bonchev–Trinajstić information content (AvgIpc) is 2.90. The average molecular weight is 355 g/mol. The molecule has 0 amide bonds. The molecule has 1 aliphatic carbocycles. The third-order valence-electron chi connectivity index (χ3n) is 4.01. The molecule has 2 unspecified atom stereocenters. The van der Waals surface area contributed by atoms with E-state index in [9.17, 15) is 9.50 Å². The molecule has 0 spiro atoms. The van der Waals surface area contributed by atoms with Gasteiger partial charge in [0.25, 0.3) is 0 Å². The summed E-state index contributed by atoms with van der Waals surface area (Å²) in [6.07, 6.45) is 3.45. The molecule has 1 aromatic heterocycles. The fourth-order valence-electron chi connectivity index (χ4n) is 2.98. The Morgan fingerprint density at radius 2 is 2.25 bits per heavy atom. The third-order valence-corrected chi connectivity index (χ3v) is 5.74. The zero-order chi connectivity index (χ0) is 14.1. The molecule has 1 aromatic carbocycles. The SMILES string of the molecule is OC(Cc1ccc(F)cc1Br)C1CCCc2sccc21. The Kier molecular flexibility index (Phi) is 4.24. The standard InChI is InChI=1S/C16H16BrFOS/c17-14-9-11(18)5-4-10(14)8-15(19)12-2-1-3-16-13(12)6-7-20-16/h4-7,9,12,15,19H,1-3,8H2. The first kappa shape index (κ1) is 14.2. The monoisotopic (exact) mass is 354 g/mol. The summed E-state index contributed by atoms with van der Waals surface area (Å²) in [5.41, 5.74) is 2.27. The number of hydrogen-bond donors (Lipinski definition) is 1. The van der Waals surface area contributed by atoms with Gasteiger partial charge in [-0.05, 0) is 54.0 Å². The van der Waals surface area contributed by atoms with Crippen LogP contribution in [0.25, 0.3) is 0 Å². The molecule has 20 heavy (non-hydrogen) atoms. The molecule has 0 saturated heterocycles. The van der Waals surface area contributed by atoms with Gasteiger partial charge in [0.15, 0.2) is 0 Å². The van der Waals surface area contributed by atoms with Crippen molar-refractivity contribution in [3.8, 4) is 0 Å². The van der Waals surface area contributed by atoms with Crippen molar-refractivity contribution < 1.29 is 9.50 Å². The fraction of sp³-hybridized carbons (Fsp3) is 0.375. The van der Waals surface area contributed by atoms with Crippen LogP contribution in [0, 0.1) is 5.82 Å². The van der Waals surface area contributed by atoms with Crippen LogP contribution in [-0.2, 0) is 12.8 Å². The maximum absolute atomic E-state index is 13.1. The van der Waals surface area contributed by atoms with Gasteiger partial charge in [-0.3, -0.25) is 0 Å². The van der Waals surface area contributed by atoms with E-state index in [-0.39, 0.29) is 11.7 Å². The lowest BCUT2D eigenvalue weighted by Gasteiger charge is -2.27.